The molecule has 3 aromatic rings. The van der Waals surface area contributed by atoms with E-state index in [9.17, 15) is 15.3 Å². The molecule has 0 spiro atoms. The number of aliphatic hydroxyl groups is 3. The summed E-state index contributed by atoms with van der Waals surface area (Å²) in [5.74, 6) is 0. The second kappa shape index (κ2) is 4.50. The van der Waals surface area contributed by atoms with Gasteiger partial charge in [-0.25, -0.2) is 9.97 Å². The number of imidazole rings is 1. The zero-order valence-electron chi connectivity index (χ0n) is 11.9. The molecule has 4 heterocycles. The molecule has 0 amide bonds. The van der Waals surface area contributed by atoms with Crippen LogP contribution in [0.3, 0.4) is 0 Å². The first-order valence-corrected chi connectivity index (χ1v) is 6.99. The Hall–Kier alpha value is -2.00. The van der Waals surface area contributed by atoms with Crippen molar-refractivity contribution >= 4 is 16.7 Å². The lowest BCUT2D eigenvalue weighted by atomic mass is 9.96. The van der Waals surface area contributed by atoms with Gasteiger partial charge in [0.1, 0.15) is 35.4 Å². The largest absolute Gasteiger partial charge is 0.394 e. The SMILES string of the molecule is CC1(O)C(O)C(CO)OC1n1ccc2c1ncn1ccnc21. The molecule has 1 aliphatic heterocycles. The predicted molar refractivity (Wildman–Crippen MR) is 76.1 cm³/mol. The standard InChI is InChI=1S/C14H16N4O4/c1-14(21)10(20)9(6-19)22-13(14)18-4-2-8-11-15-3-5-17(11)7-16-12(8)18/h2-5,7,9-10,13,19-21H,6H2,1H3. The van der Waals surface area contributed by atoms with Crippen LogP contribution < -0.4 is 0 Å². The van der Waals surface area contributed by atoms with Gasteiger partial charge in [0.25, 0.3) is 0 Å². The molecule has 3 aromatic heterocycles. The smallest absolute Gasteiger partial charge is 0.167 e. The normalized spacial score (nSPS) is 32.3. The third-order valence-corrected chi connectivity index (χ3v) is 4.29. The van der Waals surface area contributed by atoms with E-state index in [1.54, 1.807) is 33.9 Å². The maximum atomic E-state index is 10.6. The van der Waals surface area contributed by atoms with E-state index in [1.165, 1.54) is 6.92 Å². The van der Waals surface area contributed by atoms with Gasteiger partial charge in [0.2, 0.25) is 0 Å². The fourth-order valence-corrected chi connectivity index (χ4v) is 3.06. The molecule has 8 heteroatoms. The summed E-state index contributed by atoms with van der Waals surface area (Å²) in [4.78, 5) is 8.66. The Labute approximate surface area is 125 Å². The predicted octanol–water partition coefficient (Wildman–Crippen LogP) is -0.314. The maximum absolute atomic E-state index is 10.6. The molecule has 3 N–H and O–H groups in total. The molecule has 1 fully saturated rings. The summed E-state index contributed by atoms with van der Waals surface area (Å²) in [7, 11) is 0. The van der Waals surface area contributed by atoms with Gasteiger partial charge in [-0.2, -0.15) is 0 Å². The number of hydrogen-bond acceptors (Lipinski definition) is 6. The van der Waals surface area contributed by atoms with Crippen molar-refractivity contribution in [2.45, 2.75) is 31.0 Å². The van der Waals surface area contributed by atoms with Gasteiger partial charge in [-0.3, -0.25) is 4.40 Å². The van der Waals surface area contributed by atoms with Crippen LogP contribution in [-0.2, 0) is 4.74 Å². The molecule has 0 saturated carbocycles. The summed E-state index contributed by atoms with van der Waals surface area (Å²) < 4.78 is 9.08. The minimum atomic E-state index is -1.54. The molecular formula is C14H16N4O4. The van der Waals surface area contributed by atoms with E-state index in [0.29, 0.717) is 5.65 Å². The average Bonchev–Trinajstić information content (AvgIpc) is 3.16. The van der Waals surface area contributed by atoms with Crippen molar-refractivity contribution in [2.75, 3.05) is 6.61 Å². The Morgan fingerprint density at radius 3 is 2.86 bits per heavy atom. The highest BCUT2D eigenvalue weighted by Gasteiger charge is 2.53. The Kier molecular flexibility index (Phi) is 2.79. The number of nitrogens with zero attached hydrogens (tertiary/aromatic N) is 4. The van der Waals surface area contributed by atoms with Crippen molar-refractivity contribution in [2.24, 2.45) is 0 Å². The number of hydrogen-bond donors (Lipinski definition) is 3. The molecule has 4 atom stereocenters. The van der Waals surface area contributed by atoms with Gasteiger partial charge >= 0.3 is 0 Å². The zero-order chi connectivity index (χ0) is 15.5. The number of rotatable bonds is 2. The molecule has 0 radical (unpaired) electrons. The van der Waals surface area contributed by atoms with Crippen molar-refractivity contribution in [1.82, 2.24) is 18.9 Å². The second-order valence-electron chi connectivity index (χ2n) is 5.74. The van der Waals surface area contributed by atoms with Crippen molar-refractivity contribution < 1.29 is 20.1 Å². The fraction of sp³-hybridized carbons (Fsp3) is 0.429. The van der Waals surface area contributed by atoms with Crippen LogP contribution in [-0.4, -0.2) is 58.7 Å². The maximum Gasteiger partial charge on any atom is 0.167 e. The fourth-order valence-electron chi connectivity index (χ4n) is 3.06. The molecule has 8 nitrogen and oxygen atoms in total. The van der Waals surface area contributed by atoms with Crippen molar-refractivity contribution in [1.29, 1.82) is 0 Å². The van der Waals surface area contributed by atoms with Crippen LogP contribution in [0.1, 0.15) is 13.2 Å². The molecule has 1 saturated heterocycles. The van der Waals surface area contributed by atoms with E-state index < -0.39 is 24.0 Å². The molecule has 0 aromatic carbocycles. The molecule has 4 unspecified atom stereocenters. The van der Waals surface area contributed by atoms with Crippen LogP contribution in [0, 0.1) is 0 Å². The summed E-state index contributed by atoms with van der Waals surface area (Å²) in [6.45, 7) is 1.11. The van der Waals surface area contributed by atoms with Crippen LogP contribution in [0.4, 0.5) is 0 Å². The van der Waals surface area contributed by atoms with E-state index in [0.717, 1.165) is 11.0 Å². The van der Waals surface area contributed by atoms with E-state index in [1.807, 2.05) is 6.07 Å². The van der Waals surface area contributed by atoms with Gasteiger partial charge in [0.05, 0.1) is 12.0 Å². The monoisotopic (exact) mass is 304 g/mol. The van der Waals surface area contributed by atoms with Crippen LogP contribution in [0.15, 0.2) is 31.0 Å². The minimum absolute atomic E-state index is 0.370. The first-order chi connectivity index (χ1) is 10.5. The van der Waals surface area contributed by atoms with Crippen molar-refractivity contribution in [3.63, 3.8) is 0 Å². The summed E-state index contributed by atoms with van der Waals surface area (Å²) in [6, 6.07) is 1.84. The Balaban J connectivity index is 1.87. The van der Waals surface area contributed by atoms with E-state index in [4.69, 9.17) is 4.74 Å². The first-order valence-electron chi connectivity index (χ1n) is 6.99. The van der Waals surface area contributed by atoms with Gasteiger partial charge < -0.3 is 24.6 Å². The summed E-state index contributed by atoms with van der Waals surface area (Å²) in [6.07, 6.45) is 3.97. The van der Waals surface area contributed by atoms with Crippen LogP contribution in [0.2, 0.25) is 0 Å². The Morgan fingerprint density at radius 1 is 1.32 bits per heavy atom. The van der Waals surface area contributed by atoms with Crippen molar-refractivity contribution in [3.05, 3.63) is 31.0 Å². The molecule has 0 aliphatic carbocycles. The average molecular weight is 304 g/mol. The number of ether oxygens (including phenoxy) is 1. The second-order valence-corrected chi connectivity index (χ2v) is 5.74. The van der Waals surface area contributed by atoms with Crippen LogP contribution >= 0.6 is 0 Å². The number of fused-ring (bicyclic) bond motifs is 3. The molecule has 22 heavy (non-hydrogen) atoms. The lowest BCUT2D eigenvalue weighted by molar-refractivity contribution is -0.0948. The highest BCUT2D eigenvalue weighted by Crippen LogP contribution is 2.39. The molecule has 116 valence electrons. The van der Waals surface area contributed by atoms with Crippen LogP contribution in [0.25, 0.3) is 16.7 Å². The molecule has 4 rings (SSSR count). The highest BCUT2D eigenvalue weighted by atomic mass is 16.6. The Morgan fingerprint density at radius 2 is 2.14 bits per heavy atom. The van der Waals surface area contributed by atoms with Gasteiger partial charge in [-0.05, 0) is 13.0 Å². The number of aliphatic hydroxyl groups excluding tert-OH is 2. The van der Waals surface area contributed by atoms with E-state index in [-0.39, 0.29) is 6.61 Å². The number of aromatic nitrogens is 4. The summed E-state index contributed by atoms with van der Waals surface area (Å²) in [5, 5.41) is 30.8. The van der Waals surface area contributed by atoms with Gasteiger partial charge in [-0.15, -0.1) is 0 Å². The quantitative estimate of drug-likeness (QED) is 0.599. The molecular weight excluding hydrogens is 288 g/mol. The van der Waals surface area contributed by atoms with Gasteiger partial charge in [-0.1, -0.05) is 0 Å². The first kappa shape index (κ1) is 13.6. The third-order valence-electron chi connectivity index (χ3n) is 4.29. The van der Waals surface area contributed by atoms with Gasteiger partial charge in [0.15, 0.2) is 6.23 Å². The van der Waals surface area contributed by atoms with E-state index in [2.05, 4.69) is 9.97 Å². The molecule has 1 aliphatic rings. The van der Waals surface area contributed by atoms with Crippen molar-refractivity contribution in [3.8, 4) is 0 Å². The van der Waals surface area contributed by atoms with Gasteiger partial charge in [0, 0.05) is 18.6 Å². The summed E-state index contributed by atoms with van der Waals surface area (Å²) in [5.41, 5.74) is -0.196. The lowest BCUT2D eigenvalue weighted by Crippen LogP contribution is -2.44. The van der Waals surface area contributed by atoms with Crippen LogP contribution in [0.5, 0.6) is 0 Å². The summed E-state index contributed by atoms with van der Waals surface area (Å²) >= 11 is 0. The third kappa shape index (κ3) is 1.66. The molecule has 0 bridgehead atoms. The topological polar surface area (TPSA) is 105 Å². The lowest BCUT2D eigenvalue weighted by Gasteiger charge is -2.27. The zero-order valence-corrected chi connectivity index (χ0v) is 11.9. The minimum Gasteiger partial charge on any atom is -0.394 e. The van der Waals surface area contributed by atoms with E-state index >= 15 is 0 Å². The highest BCUT2D eigenvalue weighted by molar-refractivity contribution is 5.89. The Bertz CT molecular complexity index is 840.